The first-order chi connectivity index (χ1) is 10.5. The Balaban J connectivity index is 1.59. The highest BCUT2D eigenvalue weighted by Gasteiger charge is 2.32. The molecule has 2 heterocycles. The Bertz CT molecular complexity index is 559. The number of aromatic hydroxyl groups is 1. The van der Waals surface area contributed by atoms with Crippen LogP contribution in [0.5, 0.6) is 5.75 Å². The van der Waals surface area contributed by atoms with Gasteiger partial charge in [0.05, 0.1) is 23.3 Å². The number of ether oxygens (including phenoxy) is 1. The third-order valence-electron chi connectivity index (χ3n) is 4.21. The van der Waals surface area contributed by atoms with E-state index in [1.54, 1.807) is 0 Å². The van der Waals surface area contributed by atoms with Gasteiger partial charge in [-0.3, -0.25) is 9.69 Å². The Morgan fingerprint density at radius 3 is 3.05 bits per heavy atom. The number of nitrogens with zero attached hydrogens (tertiary/aromatic N) is 1. The van der Waals surface area contributed by atoms with E-state index in [9.17, 15) is 9.90 Å². The summed E-state index contributed by atoms with van der Waals surface area (Å²) in [5, 5.41) is 13.0. The molecule has 0 saturated carbocycles. The van der Waals surface area contributed by atoms with Crippen LogP contribution in [0.15, 0.2) is 12.1 Å². The lowest BCUT2D eigenvalue weighted by molar-refractivity contribution is -0.0461. The van der Waals surface area contributed by atoms with Crippen molar-refractivity contribution in [1.82, 2.24) is 10.2 Å². The largest absolute Gasteiger partial charge is 0.507 e. The molecule has 0 aromatic heterocycles. The normalized spacial score (nSPS) is 25.0. The van der Waals surface area contributed by atoms with E-state index in [-0.39, 0.29) is 27.5 Å². The second-order valence-corrected chi connectivity index (χ2v) is 6.58. The average Bonchev–Trinajstić information content (AvgIpc) is 2.91. The highest BCUT2D eigenvalue weighted by molar-refractivity contribution is 6.37. The third-order valence-corrected chi connectivity index (χ3v) is 4.73. The average molecular weight is 345 g/mol. The molecule has 2 saturated heterocycles. The summed E-state index contributed by atoms with van der Waals surface area (Å²) in [5.41, 5.74) is 0.0425. The number of halogens is 2. The second kappa shape index (κ2) is 6.62. The number of phenolic OH excluding ortho intramolecular Hbond substituents is 1. The molecule has 1 aromatic rings. The maximum atomic E-state index is 12.2. The van der Waals surface area contributed by atoms with Gasteiger partial charge in [0.2, 0.25) is 0 Å². The fourth-order valence-electron chi connectivity index (χ4n) is 3.09. The molecule has 2 unspecified atom stereocenters. The lowest BCUT2D eigenvalue weighted by Crippen LogP contribution is -2.50. The van der Waals surface area contributed by atoms with Gasteiger partial charge >= 0.3 is 0 Å². The molecule has 1 aromatic carbocycles. The number of hydrogen-bond donors (Lipinski definition) is 2. The van der Waals surface area contributed by atoms with Crippen molar-refractivity contribution in [3.8, 4) is 5.75 Å². The number of fused-ring (bicyclic) bond motifs is 1. The molecule has 22 heavy (non-hydrogen) atoms. The number of carbonyl (C=O) groups excluding carboxylic acids is 1. The van der Waals surface area contributed by atoms with Crippen molar-refractivity contribution in [1.29, 1.82) is 0 Å². The first kappa shape index (κ1) is 15.9. The smallest absolute Gasteiger partial charge is 0.256 e. The van der Waals surface area contributed by atoms with Crippen LogP contribution < -0.4 is 5.32 Å². The minimum atomic E-state index is -0.425. The Hall–Kier alpha value is -1.01. The lowest BCUT2D eigenvalue weighted by atomic mass is 10.1. The fourth-order valence-corrected chi connectivity index (χ4v) is 3.66. The highest BCUT2D eigenvalue weighted by Crippen LogP contribution is 2.30. The topological polar surface area (TPSA) is 61.8 Å². The molecule has 2 atom stereocenters. The summed E-state index contributed by atoms with van der Waals surface area (Å²) in [7, 11) is 0. The molecule has 120 valence electrons. The van der Waals surface area contributed by atoms with Gasteiger partial charge in [-0.25, -0.2) is 0 Å². The Morgan fingerprint density at radius 1 is 1.45 bits per heavy atom. The van der Waals surface area contributed by atoms with E-state index in [0.717, 1.165) is 13.1 Å². The van der Waals surface area contributed by atoms with Crippen molar-refractivity contribution in [2.45, 2.75) is 25.0 Å². The van der Waals surface area contributed by atoms with Gasteiger partial charge in [-0.1, -0.05) is 23.2 Å². The zero-order chi connectivity index (χ0) is 15.7. The lowest BCUT2D eigenvalue weighted by Gasteiger charge is -2.35. The first-order valence-electron chi connectivity index (χ1n) is 7.36. The zero-order valence-corrected chi connectivity index (χ0v) is 13.5. The van der Waals surface area contributed by atoms with Gasteiger partial charge in [0.15, 0.2) is 0 Å². The molecule has 7 heteroatoms. The number of morpholine rings is 1. The maximum absolute atomic E-state index is 12.2. The number of carbonyl (C=O) groups is 1. The number of nitrogens with one attached hydrogen (secondary N) is 1. The van der Waals surface area contributed by atoms with Gasteiger partial charge in [0, 0.05) is 24.2 Å². The summed E-state index contributed by atoms with van der Waals surface area (Å²) >= 11 is 11.8. The number of hydrogen-bond acceptors (Lipinski definition) is 4. The maximum Gasteiger partial charge on any atom is 0.256 e. The van der Waals surface area contributed by atoms with Crippen LogP contribution >= 0.6 is 23.2 Å². The molecule has 2 aliphatic rings. The standard InChI is InChI=1S/C15H18Cl2N2O3/c16-9-4-12(17)14(13(20)5-9)15(21)18-6-11-7-19-3-1-2-10(19)8-22-11/h4-5,10-11,20H,1-3,6-8H2,(H,18,21). The molecule has 3 rings (SSSR count). The van der Waals surface area contributed by atoms with Crippen molar-refractivity contribution in [3.63, 3.8) is 0 Å². The zero-order valence-electron chi connectivity index (χ0n) is 12.0. The Kier molecular flexibility index (Phi) is 4.78. The molecule has 0 radical (unpaired) electrons. The van der Waals surface area contributed by atoms with Crippen LogP contribution in [-0.2, 0) is 4.74 Å². The van der Waals surface area contributed by atoms with E-state index >= 15 is 0 Å². The molecular weight excluding hydrogens is 327 g/mol. The monoisotopic (exact) mass is 344 g/mol. The van der Waals surface area contributed by atoms with Gasteiger partial charge in [0.1, 0.15) is 5.75 Å². The van der Waals surface area contributed by atoms with Crippen LogP contribution in [0, 0.1) is 0 Å². The molecular formula is C15H18Cl2N2O3. The van der Waals surface area contributed by atoms with Crippen LogP contribution in [0.4, 0.5) is 0 Å². The van der Waals surface area contributed by atoms with Crippen molar-refractivity contribution in [2.24, 2.45) is 0 Å². The van der Waals surface area contributed by atoms with Crippen LogP contribution in [0.1, 0.15) is 23.2 Å². The van der Waals surface area contributed by atoms with Gasteiger partial charge in [0.25, 0.3) is 5.91 Å². The van der Waals surface area contributed by atoms with Crippen LogP contribution in [0.3, 0.4) is 0 Å². The highest BCUT2D eigenvalue weighted by atomic mass is 35.5. The van der Waals surface area contributed by atoms with E-state index in [1.807, 2.05) is 0 Å². The summed E-state index contributed by atoms with van der Waals surface area (Å²) in [6, 6.07) is 3.26. The molecule has 0 spiro atoms. The quantitative estimate of drug-likeness (QED) is 0.883. The van der Waals surface area contributed by atoms with E-state index in [0.29, 0.717) is 19.2 Å². The van der Waals surface area contributed by atoms with Crippen molar-refractivity contribution in [3.05, 3.63) is 27.7 Å². The van der Waals surface area contributed by atoms with E-state index < -0.39 is 5.91 Å². The fraction of sp³-hybridized carbons (Fsp3) is 0.533. The van der Waals surface area contributed by atoms with Crippen LogP contribution in [0.2, 0.25) is 10.0 Å². The molecule has 2 N–H and O–H groups in total. The number of benzene rings is 1. The molecule has 2 aliphatic heterocycles. The summed E-state index contributed by atoms with van der Waals surface area (Å²) in [6.45, 7) is 3.03. The summed E-state index contributed by atoms with van der Waals surface area (Å²) in [6.07, 6.45) is 2.36. The summed E-state index contributed by atoms with van der Waals surface area (Å²) < 4.78 is 5.78. The molecule has 0 aliphatic carbocycles. The Labute approximate surface area is 139 Å². The van der Waals surface area contributed by atoms with Gasteiger partial charge in [-0.15, -0.1) is 0 Å². The SMILES string of the molecule is O=C(NCC1CN2CCCC2CO1)c1c(O)cc(Cl)cc1Cl. The van der Waals surface area contributed by atoms with Crippen molar-refractivity contribution < 1.29 is 14.6 Å². The predicted octanol–water partition coefficient (Wildman–Crippen LogP) is 2.29. The first-order valence-corrected chi connectivity index (χ1v) is 8.12. The number of rotatable bonds is 3. The number of phenols is 1. The van der Waals surface area contributed by atoms with Crippen LogP contribution in [-0.4, -0.2) is 54.3 Å². The molecule has 2 fully saturated rings. The molecule has 0 bridgehead atoms. The molecule has 1 amide bonds. The minimum absolute atomic E-state index is 0.0356. The van der Waals surface area contributed by atoms with Crippen molar-refractivity contribution in [2.75, 3.05) is 26.2 Å². The Morgan fingerprint density at radius 2 is 2.27 bits per heavy atom. The van der Waals surface area contributed by atoms with Gasteiger partial charge < -0.3 is 15.2 Å². The number of amides is 1. The minimum Gasteiger partial charge on any atom is -0.507 e. The van der Waals surface area contributed by atoms with Crippen LogP contribution in [0.25, 0.3) is 0 Å². The van der Waals surface area contributed by atoms with E-state index in [1.165, 1.54) is 25.0 Å². The van der Waals surface area contributed by atoms with Gasteiger partial charge in [-0.05, 0) is 31.5 Å². The van der Waals surface area contributed by atoms with E-state index in [2.05, 4.69) is 10.2 Å². The summed E-state index contributed by atoms with van der Waals surface area (Å²) in [5.74, 6) is -0.648. The molecule has 5 nitrogen and oxygen atoms in total. The summed E-state index contributed by atoms with van der Waals surface area (Å²) in [4.78, 5) is 14.6. The third kappa shape index (κ3) is 3.33. The van der Waals surface area contributed by atoms with E-state index in [4.69, 9.17) is 27.9 Å². The predicted molar refractivity (Wildman–Crippen MR) is 84.8 cm³/mol. The second-order valence-electron chi connectivity index (χ2n) is 5.74. The van der Waals surface area contributed by atoms with Crippen molar-refractivity contribution >= 4 is 29.1 Å². The van der Waals surface area contributed by atoms with Gasteiger partial charge in [-0.2, -0.15) is 0 Å².